The molecule has 4 rings (SSSR count). The molecular formula is C20H19F3N4O3S. The molecule has 7 nitrogen and oxygen atoms in total. The van der Waals surface area contributed by atoms with Crippen molar-refractivity contribution in [2.75, 3.05) is 23.6 Å². The Hall–Kier alpha value is -3.08. The highest BCUT2D eigenvalue weighted by atomic mass is 32.2. The number of rotatable bonds is 6. The first-order valence-corrected chi connectivity index (χ1v) is 11.2. The summed E-state index contributed by atoms with van der Waals surface area (Å²) in [4.78, 5) is 10.6. The smallest absolute Gasteiger partial charge is 0.422 e. The van der Waals surface area contributed by atoms with Crippen molar-refractivity contribution in [1.82, 2.24) is 4.90 Å². The van der Waals surface area contributed by atoms with Crippen LogP contribution >= 0.6 is 0 Å². The predicted octanol–water partition coefficient (Wildman–Crippen LogP) is 4.39. The van der Waals surface area contributed by atoms with Crippen LogP contribution in [0.25, 0.3) is 0 Å². The summed E-state index contributed by atoms with van der Waals surface area (Å²) in [6.45, 7) is 2.91. The number of alkyl halides is 3. The minimum absolute atomic E-state index is 0.157. The molecule has 31 heavy (non-hydrogen) atoms. The van der Waals surface area contributed by atoms with Gasteiger partial charge in [-0.25, -0.2) is 13.4 Å². The lowest BCUT2D eigenvalue weighted by atomic mass is 10.1. The first kappa shape index (κ1) is 21.2. The van der Waals surface area contributed by atoms with E-state index in [4.69, 9.17) is 4.74 Å². The first-order chi connectivity index (χ1) is 14.7. The fourth-order valence-corrected chi connectivity index (χ4v) is 4.57. The van der Waals surface area contributed by atoms with Crippen molar-refractivity contribution in [2.45, 2.75) is 19.5 Å². The molecule has 0 saturated carbocycles. The highest BCUT2D eigenvalue weighted by molar-refractivity contribution is 7.92. The SMILES string of the molecule is CCCS(=O)(=O)Nc1cccc(Oc2ccc3c(c2)C2=NCCN2C=N3)c1C(F)(F)F. The van der Waals surface area contributed by atoms with E-state index in [1.54, 1.807) is 25.4 Å². The quantitative estimate of drug-likeness (QED) is 0.705. The molecule has 0 atom stereocenters. The van der Waals surface area contributed by atoms with Crippen molar-refractivity contribution in [1.29, 1.82) is 0 Å². The summed E-state index contributed by atoms with van der Waals surface area (Å²) in [5, 5.41) is 0. The minimum Gasteiger partial charge on any atom is -0.457 e. The second kappa shape index (κ2) is 7.88. The Morgan fingerprint density at radius 2 is 2.03 bits per heavy atom. The van der Waals surface area contributed by atoms with Gasteiger partial charge in [0.15, 0.2) is 0 Å². The van der Waals surface area contributed by atoms with Crippen LogP contribution in [0.15, 0.2) is 46.4 Å². The van der Waals surface area contributed by atoms with E-state index < -0.39 is 33.2 Å². The predicted molar refractivity (Wildman–Crippen MR) is 112 cm³/mol. The van der Waals surface area contributed by atoms with Crippen LogP contribution in [-0.4, -0.2) is 44.3 Å². The van der Waals surface area contributed by atoms with Crippen molar-refractivity contribution < 1.29 is 26.3 Å². The number of hydrogen-bond donors (Lipinski definition) is 1. The first-order valence-electron chi connectivity index (χ1n) is 9.56. The zero-order valence-corrected chi connectivity index (χ0v) is 17.3. The number of halogens is 3. The molecule has 2 aromatic rings. The van der Waals surface area contributed by atoms with E-state index in [0.717, 1.165) is 12.1 Å². The van der Waals surface area contributed by atoms with Gasteiger partial charge in [-0.05, 0) is 36.8 Å². The maximum Gasteiger partial charge on any atom is 0.422 e. The lowest BCUT2D eigenvalue weighted by Gasteiger charge is -2.22. The van der Waals surface area contributed by atoms with E-state index in [1.165, 1.54) is 12.1 Å². The Kier molecular flexibility index (Phi) is 5.38. The number of fused-ring (bicyclic) bond motifs is 3. The van der Waals surface area contributed by atoms with Crippen LogP contribution in [0.2, 0.25) is 0 Å². The van der Waals surface area contributed by atoms with Gasteiger partial charge in [-0.15, -0.1) is 0 Å². The van der Waals surface area contributed by atoms with Gasteiger partial charge < -0.3 is 9.64 Å². The molecule has 0 unspecified atom stereocenters. The molecule has 0 fully saturated rings. The number of benzene rings is 2. The van der Waals surface area contributed by atoms with E-state index in [1.807, 2.05) is 9.62 Å². The molecule has 0 bridgehead atoms. The van der Waals surface area contributed by atoms with Gasteiger partial charge in [0.25, 0.3) is 0 Å². The molecule has 2 aromatic carbocycles. The van der Waals surface area contributed by atoms with Crippen molar-refractivity contribution in [2.24, 2.45) is 9.98 Å². The standard InChI is InChI=1S/C20H19F3N4O3S/c1-2-10-31(28,29)26-16-4-3-5-17(18(16)20(21,22)23)30-13-6-7-15-14(11-13)19-24-8-9-27(19)12-25-15/h3-7,11-12,26H,2,8-10H2,1H3. The van der Waals surface area contributed by atoms with Gasteiger partial charge in [-0.2, -0.15) is 13.2 Å². The number of ether oxygens (including phenoxy) is 1. The maximum absolute atomic E-state index is 13.9. The van der Waals surface area contributed by atoms with Crippen LogP contribution in [0.3, 0.4) is 0 Å². The van der Waals surface area contributed by atoms with Gasteiger partial charge in [-0.1, -0.05) is 13.0 Å². The average molecular weight is 452 g/mol. The fourth-order valence-electron chi connectivity index (χ4n) is 3.42. The average Bonchev–Trinajstić information content (AvgIpc) is 3.16. The Morgan fingerprint density at radius 3 is 2.77 bits per heavy atom. The number of nitrogens with one attached hydrogen (secondary N) is 1. The van der Waals surface area contributed by atoms with Crippen molar-refractivity contribution in [3.63, 3.8) is 0 Å². The molecule has 0 aliphatic carbocycles. The largest absolute Gasteiger partial charge is 0.457 e. The third kappa shape index (κ3) is 4.36. The molecular weight excluding hydrogens is 433 g/mol. The molecule has 0 radical (unpaired) electrons. The topological polar surface area (TPSA) is 83.4 Å². The number of anilines is 1. The second-order valence-electron chi connectivity index (χ2n) is 7.02. The fraction of sp³-hybridized carbons (Fsp3) is 0.300. The van der Waals surface area contributed by atoms with Gasteiger partial charge >= 0.3 is 6.18 Å². The summed E-state index contributed by atoms with van der Waals surface area (Å²) in [6.07, 6.45) is -2.90. The van der Waals surface area contributed by atoms with Crippen LogP contribution < -0.4 is 9.46 Å². The van der Waals surface area contributed by atoms with Crippen LogP contribution in [-0.2, 0) is 16.2 Å². The van der Waals surface area contributed by atoms with Gasteiger partial charge in [0, 0.05) is 12.1 Å². The molecule has 11 heteroatoms. The lowest BCUT2D eigenvalue weighted by molar-refractivity contribution is -0.137. The molecule has 0 amide bonds. The maximum atomic E-state index is 13.9. The van der Waals surface area contributed by atoms with Crippen LogP contribution in [0, 0.1) is 0 Å². The third-order valence-corrected chi connectivity index (χ3v) is 6.17. The van der Waals surface area contributed by atoms with Crippen LogP contribution in [0.1, 0.15) is 24.5 Å². The van der Waals surface area contributed by atoms with Crippen molar-refractivity contribution in [3.8, 4) is 11.5 Å². The van der Waals surface area contributed by atoms with E-state index in [2.05, 4.69) is 9.98 Å². The summed E-state index contributed by atoms with van der Waals surface area (Å²) in [7, 11) is -3.92. The monoisotopic (exact) mass is 452 g/mol. The van der Waals surface area contributed by atoms with E-state index in [0.29, 0.717) is 30.2 Å². The molecule has 0 aromatic heterocycles. The van der Waals surface area contributed by atoms with Gasteiger partial charge in [0.1, 0.15) is 22.9 Å². The molecule has 2 aliphatic heterocycles. The third-order valence-electron chi connectivity index (χ3n) is 4.70. The summed E-state index contributed by atoms with van der Waals surface area (Å²) in [5.41, 5.74) is -0.468. The normalized spacial score (nSPS) is 15.4. The molecule has 2 aliphatic rings. The number of sulfonamides is 1. The molecule has 2 heterocycles. The van der Waals surface area contributed by atoms with Crippen LogP contribution in [0.5, 0.6) is 11.5 Å². The van der Waals surface area contributed by atoms with E-state index in [-0.39, 0.29) is 17.9 Å². The zero-order chi connectivity index (χ0) is 22.2. The van der Waals surface area contributed by atoms with Gasteiger partial charge in [0.05, 0.1) is 30.0 Å². The van der Waals surface area contributed by atoms with Gasteiger partial charge in [0.2, 0.25) is 10.0 Å². The Labute approximate surface area is 177 Å². The van der Waals surface area contributed by atoms with Crippen LogP contribution in [0.4, 0.5) is 24.5 Å². The lowest BCUT2D eigenvalue weighted by Crippen LogP contribution is -2.29. The van der Waals surface area contributed by atoms with Crippen molar-refractivity contribution >= 4 is 33.6 Å². The number of nitrogens with zero attached hydrogens (tertiary/aromatic N) is 3. The number of amidine groups is 1. The van der Waals surface area contributed by atoms with E-state index in [9.17, 15) is 21.6 Å². The summed E-state index contributed by atoms with van der Waals surface area (Å²) in [5.74, 6) is 0.0463. The van der Waals surface area contributed by atoms with Gasteiger partial charge in [-0.3, -0.25) is 9.71 Å². The highest BCUT2D eigenvalue weighted by Gasteiger charge is 2.38. The molecule has 1 N–H and O–H groups in total. The summed E-state index contributed by atoms with van der Waals surface area (Å²) in [6, 6.07) is 8.25. The highest BCUT2D eigenvalue weighted by Crippen LogP contribution is 2.43. The number of hydrogen-bond acceptors (Lipinski definition) is 6. The number of aliphatic imine (C=N–C) groups is 2. The molecule has 164 valence electrons. The molecule has 0 spiro atoms. The Balaban J connectivity index is 1.72. The molecule has 0 saturated heterocycles. The minimum atomic E-state index is -4.84. The Bertz CT molecular complexity index is 1180. The Morgan fingerprint density at radius 1 is 1.23 bits per heavy atom. The van der Waals surface area contributed by atoms with E-state index >= 15 is 0 Å². The zero-order valence-electron chi connectivity index (χ0n) is 16.5. The summed E-state index contributed by atoms with van der Waals surface area (Å²) >= 11 is 0. The summed E-state index contributed by atoms with van der Waals surface area (Å²) < 4.78 is 73.3. The second-order valence-corrected chi connectivity index (χ2v) is 8.86. The van der Waals surface area contributed by atoms with Crippen molar-refractivity contribution in [3.05, 3.63) is 47.5 Å².